The molecule has 17 heavy (non-hydrogen) atoms. The molecular formula is C11H21N3O3. The van der Waals surface area contributed by atoms with Crippen molar-refractivity contribution in [1.82, 2.24) is 4.90 Å². The number of amidine groups is 1. The summed E-state index contributed by atoms with van der Waals surface area (Å²) in [4.78, 5) is 13.8. The molecule has 2 atom stereocenters. The summed E-state index contributed by atoms with van der Waals surface area (Å²) in [6.45, 7) is 6.52. The highest BCUT2D eigenvalue weighted by Crippen LogP contribution is 2.22. The van der Waals surface area contributed by atoms with E-state index < -0.39 is 6.10 Å². The van der Waals surface area contributed by atoms with E-state index in [4.69, 9.17) is 15.7 Å². The van der Waals surface area contributed by atoms with Gasteiger partial charge in [-0.3, -0.25) is 4.79 Å². The Morgan fingerprint density at radius 3 is 2.71 bits per heavy atom. The van der Waals surface area contributed by atoms with Crippen LogP contribution in [0.5, 0.6) is 0 Å². The normalized spacial score (nSPS) is 25.3. The van der Waals surface area contributed by atoms with Crippen LogP contribution in [0.1, 0.15) is 27.2 Å². The van der Waals surface area contributed by atoms with Crippen molar-refractivity contribution in [2.75, 3.05) is 13.2 Å². The van der Waals surface area contributed by atoms with E-state index in [1.54, 1.807) is 4.90 Å². The Morgan fingerprint density at radius 2 is 2.29 bits per heavy atom. The first kappa shape index (κ1) is 13.8. The molecule has 0 aromatic heterocycles. The second-order valence-corrected chi connectivity index (χ2v) is 4.71. The number of carbonyl (C=O) groups is 1. The molecule has 0 spiro atoms. The molecule has 0 bridgehead atoms. The molecule has 1 aliphatic heterocycles. The average molecular weight is 243 g/mol. The molecule has 6 nitrogen and oxygen atoms in total. The van der Waals surface area contributed by atoms with Gasteiger partial charge in [0, 0.05) is 12.6 Å². The number of hydrogen-bond donors (Lipinski definition) is 2. The van der Waals surface area contributed by atoms with Crippen LogP contribution in [0.4, 0.5) is 0 Å². The Hall–Kier alpha value is -1.30. The van der Waals surface area contributed by atoms with E-state index in [-0.39, 0.29) is 30.2 Å². The molecule has 0 radical (unpaired) electrons. The van der Waals surface area contributed by atoms with E-state index in [1.807, 2.05) is 20.8 Å². The maximum absolute atomic E-state index is 12.3. The van der Waals surface area contributed by atoms with Crippen LogP contribution in [0, 0.1) is 5.92 Å². The highest BCUT2D eigenvalue weighted by molar-refractivity contribution is 5.89. The van der Waals surface area contributed by atoms with Crippen molar-refractivity contribution < 1.29 is 14.7 Å². The van der Waals surface area contributed by atoms with Crippen molar-refractivity contribution in [3.8, 4) is 0 Å². The topological polar surface area (TPSA) is 88.2 Å². The standard InChI is InChI=1S/C11H21N3O3/c1-7(2)14(6-9(12)13-16)11(15)10-8(3)4-5-17-10/h7-8,10,16H,4-6H2,1-3H3,(H2,12,13). The molecule has 1 aliphatic rings. The first-order valence-electron chi connectivity index (χ1n) is 5.85. The number of ether oxygens (including phenoxy) is 1. The Balaban J connectivity index is 2.73. The third-order valence-corrected chi connectivity index (χ3v) is 3.00. The lowest BCUT2D eigenvalue weighted by molar-refractivity contribution is -0.143. The van der Waals surface area contributed by atoms with Gasteiger partial charge in [0.05, 0.1) is 6.54 Å². The van der Waals surface area contributed by atoms with Crippen molar-refractivity contribution in [2.24, 2.45) is 16.8 Å². The summed E-state index contributed by atoms with van der Waals surface area (Å²) in [6, 6.07) is -0.0146. The Bertz CT molecular complexity index is 304. The monoisotopic (exact) mass is 243 g/mol. The Kier molecular flexibility index (Phi) is 4.74. The molecule has 98 valence electrons. The molecule has 0 aromatic rings. The molecule has 1 amide bonds. The Labute approximate surface area is 101 Å². The molecular weight excluding hydrogens is 222 g/mol. The minimum atomic E-state index is -0.399. The summed E-state index contributed by atoms with van der Waals surface area (Å²) >= 11 is 0. The number of amides is 1. The van der Waals surface area contributed by atoms with Gasteiger partial charge in [-0.25, -0.2) is 0 Å². The lowest BCUT2D eigenvalue weighted by Gasteiger charge is -2.29. The van der Waals surface area contributed by atoms with Crippen LogP contribution >= 0.6 is 0 Å². The lowest BCUT2D eigenvalue weighted by Crippen LogP contribution is -2.48. The van der Waals surface area contributed by atoms with Gasteiger partial charge in [-0.15, -0.1) is 0 Å². The summed E-state index contributed by atoms with van der Waals surface area (Å²) in [5.41, 5.74) is 5.45. The van der Waals surface area contributed by atoms with E-state index in [1.165, 1.54) is 0 Å². The van der Waals surface area contributed by atoms with E-state index >= 15 is 0 Å². The molecule has 0 aromatic carbocycles. The van der Waals surface area contributed by atoms with Gasteiger partial charge in [-0.05, 0) is 26.2 Å². The van der Waals surface area contributed by atoms with Gasteiger partial charge in [0.25, 0.3) is 5.91 Å². The van der Waals surface area contributed by atoms with E-state index in [0.29, 0.717) is 6.61 Å². The van der Waals surface area contributed by atoms with Gasteiger partial charge in [0.1, 0.15) is 6.10 Å². The number of nitrogens with zero attached hydrogens (tertiary/aromatic N) is 2. The minimum Gasteiger partial charge on any atom is -0.409 e. The van der Waals surface area contributed by atoms with Gasteiger partial charge < -0.3 is 20.6 Å². The number of nitrogens with two attached hydrogens (primary N) is 1. The van der Waals surface area contributed by atoms with Crippen LogP contribution in [0.25, 0.3) is 0 Å². The summed E-state index contributed by atoms with van der Waals surface area (Å²) in [5.74, 6) is 0.158. The van der Waals surface area contributed by atoms with Gasteiger partial charge in [0.2, 0.25) is 0 Å². The number of oxime groups is 1. The van der Waals surface area contributed by atoms with Gasteiger partial charge in [-0.1, -0.05) is 12.1 Å². The lowest BCUT2D eigenvalue weighted by atomic mass is 10.0. The zero-order valence-electron chi connectivity index (χ0n) is 10.6. The second-order valence-electron chi connectivity index (χ2n) is 4.71. The summed E-state index contributed by atoms with van der Waals surface area (Å²) < 4.78 is 5.44. The zero-order chi connectivity index (χ0) is 13.0. The highest BCUT2D eigenvalue weighted by atomic mass is 16.5. The van der Waals surface area contributed by atoms with Crippen molar-refractivity contribution in [3.63, 3.8) is 0 Å². The quantitative estimate of drug-likeness (QED) is 0.324. The van der Waals surface area contributed by atoms with Gasteiger partial charge in [0.15, 0.2) is 5.84 Å². The molecule has 3 N–H and O–H groups in total. The maximum atomic E-state index is 12.3. The van der Waals surface area contributed by atoms with E-state index in [0.717, 1.165) is 6.42 Å². The molecule has 1 fully saturated rings. The Morgan fingerprint density at radius 1 is 1.65 bits per heavy atom. The summed E-state index contributed by atoms with van der Waals surface area (Å²) in [5, 5.41) is 11.5. The molecule has 0 aliphatic carbocycles. The van der Waals surface area contributed by atoms with Crippen LogP contribution < -0.4 is 5.73 Å². The van der Waals surface area contributed by atoms with Crippen molar-refractivity contribution >= 4 is 11.7 Å². The smallest absolute Gasteiger partial charge is 0.252 e. The third-order valence-electron chi connectivity index (χ3n) is 3.00. The van der Waals surface area contributed by atoms with Crippen LogP contribution in [-0.4, -0.2) is 47.1 Å². The SMILES string of the molecule is CC1CCOC1C(=O)N(CC(N)=NO)C(C)C. The van der Waals surface area contributed by atoms with E-state index in [9.17, 15) is 4.79 Å². The molecule has 1 rings (SSSR count). The fraction of sp³-hybridized carbons (Fsp3) is 0.818. The fourth-order valence-electron chi connectivity index (χ4n) is 1.90. The van der Waals surface area contributed by atoms with Crippen LogP contribution in [0.3, 0.4) is 0 Å². The number of hydrogen-bond acceptors (Lipinski definition) is 4. The van der Waals surface area contributed by atoms with Gasteiger partial charge in [-0.2, -0.15) is 0 Å². The van der Waals surface area contributed by atoms with Crippen molar-refractivity contribution in [2.45, 2.75) is 39.3 Å². The van der Waals surface area contributed by atoms with Gasteiger partial charge >= 0.3 is 0 Å². The number of carbonyl (C=O) groups excluding carboxylic acids is 1. The highest BCUT2D eigenvalue weighted by Gasteiger charge is 2.35. The molecule has 0 saturated carbocycles. The second kappa shape index (κ2) is 5.86. The number of rotatable bonds is 4. The van der Waals surface area contributed by atoms with Crippen LogP contribution in [0.2, 0.25) is 0 Å². The molecule has 6 heteroatoms. The predicted molar refractivity (Wildman–Crippen MR) is 63.8 cm³/mol. The fourth-order valence-corrected chi connectivity index (χ4v) is 1.90. The average Bonchev–Trinajstić information content (AvgIpc) is 2.70. The van der Waals surface area contributed by atoms with Crippen LogP contribution in [0.15, 0.2) is 5.16 Å². The molecule has 2 unspecified atom stereocenters. The zero-order valence-corrected chi connectivity index (χ0v) is 10.6. The predicted octanol–water partition coefficient (Wildman–Crippen LogP) is 0.395. The molecule has 1 heterocycles. The third kappa shape index (κ3) is 3.33. The first-order chi connectivity index (χ1) is 7.97. The maximum Gasteiger partial charge on any atom is 0.252 e. The van der Waals surface area contributed by atoms with Crippen molar-refractivity contribution in [3.05, 3.63) is 0 Å². The minimum absolute atomic E-state index is 0.0146. The van der Waals surface area contributed by atoms with E-state index in [2.05, 4.69) is 5.16 Å². The van der Waals surface area contributed by atoms with Crippen molar-refractivity contribution in [1.29, 1.82) is 0 Å². The van der Waals surface area contributed by atoms with Crippen LogP contribution in [-0.2, 0) is 9.53 Å². The summed E-state index contributed by atoms with van der Waals surface area (Å²) in [6.07, 6.45) is 0.496. The summed E-state index contributed by atoms with van der Waals surface area (Å²) in [7, 11) is 0. The molecule has 1 saturated heterocycles. The largest absolute Gasteiger partial charge is 0.409 e. The first-order valence-corrected chi connectivity index (χ1v) is 5.85.